The van der Waals surface area contributed by atoms with E-state index in [1.807, 2.05) is 0 Å². The minimum Gasteiger partial charge on any atom is -0.393 e. The fourth-order valence-corrected chi connectivity index (χ4v) is 2.77. The van der Waals surface area contributed by atoms with E-state index in [-0.39, 0.29) is 23.8 Å². The molecular formula is C15H29NO2. The number of nitrogens with one attached hydrogen (secondary N) is 1. The summed E-state index contributed by atoms with van der Waals surface area (Å²) < 4.78 is 0. The quantitative estimate of drug-likeness (QED) is 0.735. The van der Waals surface area contributed by atoms with E-state index in [4.69, 9.17) is 0 Å². The Kier molecular flexibility index (Phi) is 7.33. The van der Waals surface area contributed by atoms with Gasteiger partial charge in [-0.05, 0) is 25.7 Å². The van der Waals surface area contributed by atoms with Gasteiger partial charge in [-0.25, -0.2) is 0 Å². The van der Waals surface area contributed by atoms with Gasteiger partial charge in [-0.15, -0.1) is 0 Å². The first-order valence-electron chi connectivity index (χ1n) is 7.64. The summed E-state index contributed by atoms with van der Waals surface area (Å²) in [6.07, 6.45) is 8.22. The summed E-state index contributed by atoms with van der Waals surface area (Å²) in [5.74, 6) is 0.612. The Balaban J connectivity index is 2.29. The molecule has 0 heterocycles. The molecule has 0 aromatic rings. The Hall–Kier alpha value is -0.570. The van der Waals surface area contributed by atoms with Crippen molar-refractivity contribution >= 4 is 5.91 Å². The van der Waals surface area contributed by atoms with Crippen LogP contribution in [0.3, 0.4) is 0 Å². The van der Waals surface area contributed by atoms with Gasteiger partial charge in [0, 0.05) is 18.4 Å². The summed E-state index contributed by atoms with van der Waals surface area (Å²) in [4.78, 5) is 12.0. The van der Waals surface area contributed by atoms with Crippen LogP contribution in [0.5, 0.6) is 0 Å². The Morgan fingerprint density at radius 2 is 2.06 bits per heavy atom. The van der Waals surface area contributed by atoms with Crippen molar-refractivity contribution in [3.8, 4) is 0 Å². The lowest BCUT2D eigenvalue weighted by Gasteiger charge is -2.28. The van der Waals surface area contributed by atoms with Gasteiger partial charge >= 0.3 is 0 Å². The van der Waals surface area contributed by atoms with E-state index in [0.29, 0.717) is 6.54 Å². The number of aliphatic hydroxyl groups excluding tert-OH is 1. The van der Waals surface area contributed by atoms with Crippen molar-refractivity contribution in [1.29, 1.82) is 0 Å². The Bertz CT molecular complexity index is 243. The van der Waals surface area contributed by atoms with E-state index in [1.54, 1.807) is 0 Å². The number of aliphatic hydroxyl groups is 1. The average Bonchev–Trinajstić information content (AvgIpc) is 2.38. The molecule has 0 bridgehead atoms. The van der Waals surface area contributed by atoms with Crippen molar-refractivity contribution in [2.75, 3.05) is 6.54 Å². The number of amides is 1. The fourth-order valence-electron chi connectivity index (χ4n) is 2.77. The zero-order valence-electron chi connectivity index (χ0n) is 12.0. The van der Waals surface area contributed by atoms with E-state index in [9.17, 15) is 9.90 Å². The molecule has 106 valence electrons. The van der Waals surface area contributed by atoms with E-state index < -0.39 is 0 Å². The Morgan fingerprint density at radius 1 is 1.33 bits per heavy atom. The van der Waals surface area contributed by atoms with Crippen molar-refractivity contribution in [2.45, 2.75) is 71.3 Å². The third kappa shape index (κ3) is 4.97. The average molecular weight is 255 g/mol. The van der Waals surface area contributed by atoms with Gasteiger partial charge in [0.05, 0.1) is 6.10 Å². The predicted octanol–water partition coefficient (Wildman–Crippen LogP) is 2.87. The lowest BCUT2D eigenvalue weighted by Crippen LogP contribution is -2.39. The Labute approximate surface area is 111 Å². The molecule has 1 fully saturated rings. The molecular weight excluding hydrogens is 226 g/mol. The summed E-state index contributed by atoms with van der Waals surface area (Å²) in [6.45, 7) is 4.89. The number of hydrogen-bond acceptors (Lipinski definition) is 2. The van der Waals surface area contributed by atoms with Gasteiger partial charge in [0.15, 0.2) is 0 Å². The molecule has 0 aliphatic heterocycles. The summed E-state index contributed by atoms with van der Waals surface area (Å²) in [7, 11) is 0. The van der Waals surface area contributed by atoms with Gasteiger partial charge in [0.25, 0.3) is 0 Å². The van der Waals surface area contributed by atoms with Gasteiger partial charge in [0.2, 0.25) is 5.91 Å². The molecule has 0 radical (unpaired) electrons. The van der Waals surface area contributed by atoms with Crippen LogP contribution in [0.4, 0.5) is 0 Å². The monoisotopic (exact) mass is 255 g/mol. The van der Waals surface area contributed by atoms with Gasteiger partial charge in [-0.1, -0.05) is 39.5 Å². The zero-order valence-corrected chi connectivity index (χ0v) is 12.0. The summed E-state index contributed by atoms with van der Waals surface area (Å²) >= 11 is 0. The maximum absolute atomic E-state index is 12.0. The number of hydrogen-bond donors (Lipinski definition) is 2. The van der Waals surface area contributed by atoms with Crippen molar-refractivity contribution < 1.29 is 9.90 Å². The highest BCUT2D eigenvalue weighted by atomic mass is 16.3. The topological polar surface area (TPSA) is 49.3 Å². The van der Waals surface area contributed by atoms with Crippen LogP contribution in [0.15, 0.2) is 0 Å². The van der Waals surface area contributed by atoms with Gasteiger partial charge in [0.1, 0.15) is 0 Å². The molecule has 18 heavy (non-hydrogen) atoms. The number of carbonyl (C=O) groups excluding carboxylic acids is 1. The van der Waals surface area contributed by atoms with Crippen LogP contribution < -0.4 is 5.32 Å². The van der Waals surface area contributed by atoms with E-state index in [0.717, 1.165) is 44.9 Å². The lowest BCUT2D eigenvalue weighted by atomic mass is 9.86. The molecule has 3 heteroatoms. The SMILES string of the molecule is CCCCC(CC)C(=O)NCC1CCCCC1O. The van der Waals surface area contributed by atoms with Gasteiger partial charge < -0.3 is 10.4 Å². The smallest absolute Gasteiger partial charge is 0.223 e. The van der Waals surface area contributed by atoms with Crippen molar-refractivity contribution in [3.05, 3.63) is 0 Å². The molecule has 3 atom stereocenters. The molecule has 1 aliphatic rings. The van der Waals surface area contributed by atoms with Crippen molar-refractivity contribution in [1.82, 2.24) is 5.32 Å². The predicted molar refractivity (Wildman–Crippen MR) is 74.3 cm³/mol. The van der Waals surface area contributed by atoms with E-state index in [2.05, 4.69) is 19.2 Å². The van der Waals surface area contributed by atoms with E-state index >= 15 is 0 Å². The molecule has 1 rings (SSSR count). The molecule has 0 aromatic carbocycles. The molecule has 0 saturated heterocycles. The first-order valence-corrected chi connectivity index (χ1v) is 7.64. The standard InChI is InChI=1S/C15H29NO2/c1-3-5-8-12(4-2)15(18)16-11-13-9-6-7-10-14(13)17/h12-14,17H,3-11H2,1-2H3,(H,16,18). The maximum Gasteiger partial charge on any atom is 0.223 e. The van der Waals surface area contributed by atoms with Crippen LogP contribution in [-0.2, 0) is 4.79 Å². The van der Waals surface area contributed by atoms with Crippen LogP contribution in [0.2, 0.25) is 0 Å². The highest BCUT2D eigenvalue weighted by Gasteiger charge is 2.24. The van der Waals surface area contributed by atoms with Crippen LogP contribution in [-0.4, -0.2) is 23.7 Å². The van der Waals surface area contributed by atoms with Crippen molar-refractivity contribution in [2.24, 2.45) is 11.8 Å². The number of rotatable bonds is 7. The minimum atomic E-state index is -0.213. The summed E-state index contributed by atoms with van der Waals surface area (Å²) in [5, 5.41) is 12.9. The fraction of sp³-hybridized carbons (Fsp3) is 0.933. The largest absolute Gasteiger partial charge is 0.393 e. The van der Waals surface area contributed by atoms with Crippen LogP contribution in [0.1, 0.15) is 65.2 Å². The first-order chi connectivity index (χ1) is 8.69. The highest BCUT2D eigenvalue weighted by Crippen LogP contribution is 2.23. The van der Waals surface area contributed by atoms with Crippen LogP contribution in [0, 0.1) is 11.8 Å². The molecule has 2 N–H and O–H groups in total. The lowest BCUT2D eigenvalue weighted by molar-refractivity contribution is -0.125. The summed E-state index contributed by atoms with van der Waals surface area (Å²) in [5.41, 5.74) is 0. The van der Waals surface area contributed by atoms with Crippen molar-refractivity contribution in [3.63, 3.8) is 0 Å². The third-order valence-corrected chi connectivity index (χ3v) is 4.18. The van der Waals surface area contributed by atoms with Crippen LogP contribution >= 0.6 is 0 Å². The number of carbonyl (C=O) groups is 1. The summed E-state index contributed by atoms with van der Waals surface area (Å²) in [6, 6.07) is 0. The minimum absolute atomic E-state index is 0.158. The second-order valence-corrected chi connectivity index (χ2v) is 5.60. The van der Waals surface area contributed by atoms with Gasteiger partial charge in [-0.2, -0.15) is 0 Å². The molecule has 1 amide bonds. The highest BCUT2D eigenvalue weighted by molar-refractivity contribution is 5.78. The van der Waals surface area contributed by atoms with Gasteiger partial charge in [-0.3, -0.25) is 4.79 Å². The first kappa shape index (κ1) is 15.5. The zero-order chi connectivity index (χ0) is 13.4. The Morgan fingerprint density at radius 3 is 2.67 bits per heavy atom. The molecule has 3 unspecified atom stereocenters. The maximum atomic E-state index is 12.0. The molecule has 0 spiro atoms. The molecule has 3 nitrogen and oxygen atoms in total. The van der Waals surface area contributed by atoms with Crippen LogP contribution in [0.25, 0.3) is 0 Å². The molecule has 1 saturated carbocycles. The third-order valence-electron chi connectivity index (χ3n) is 4.18. The normalized spacial score (nSPS) is 25.7. The number of unbranched alkanes of at least 4 members (excludes halogenated alkanes) is 1. The second kappa shape index (κ2) is 8.52. The molecule has 1 aliphatic carbocycles. The molecule has 0 aromatic heterocycles. The second-order valence-electron chi connectivity index (χ2n) is 5.60. The van der Waals surface area contributed by atoms with E-state index in [1.165, 1.54) is 6.42 Å².